The fourth-order valence-electron chi connectivity index (χ4n) is 0.453. The number of aliphatic hydroxyl groups excluding tert-OH is 1. The molecule has 0 saturated heterocycles. The van der Waals surface area contributed by atoms with Crippen LogP contribution in [-0.2, 0) is 0 Å². The zero-order chi connectivity index (χ0) is 5.98. The quantitative estimate of drug-likeness (QED) is 0.372. The molecule has 0 aromatic heterocycles. The number of nitrogens with zero attached hydrogens (tertiary/aromatic N) is 2. The summed E-state index contributed by atoms with van der Waals surface area (Å²) in [7, 11) is 1.73. The van der Waals surface area contributed by atoms with E-state index in [1.165, 1.54) is 0 Å². The van der Waals surface area contributed by atoms with Crippen molar-refractivity contribution in [2.24, 2.45) is 9.98 Å². The van der Waals surface area contributed by atoms with Crippen molar-refractivity contribution < 1.29 is 5.11 Å². The largest absolute Gasteiger partial charge is 0.481 e. The standard InChI is InChI=1S/C3H6BN3O/c4-2-5-1-6-3(8)7-2/h1,4H2,(H2,5,6,7,8). The third kappa shape index (κ3) is 0.990. The maximum Gasteiger partial charge on any atom is 0.289 e. The number of aliphatic hydroxyl groups is 1. The molecule has 42 valence electrons. The smallest absolute Gasteiger partial charge is 0.289 e. The van der Waals surface area contributed by atoms with Crippen LogP contribution in [-0.4, -0.2) is 31.4 Å². The summed E-state index contributed by atoms with van der Waals surface area (Å²) < 4.78 is 0. The minimum Gasteiger partial charge on any atom is -0.481 e. The molecular formula is C3H6BN3O. The Bertz CT molecular complexity index is 153. The van der Waals surface area contributed by atoms with Crippen molar-refractivity contribution in [1.29, 1.82) is 0 Å². The summed E-state index contributed by atoms with van der Waals surface area (Å²) in [5, 5.41) is 11.2. The van der Waals surface area contributed by atoms with E-state index in [0.29, 0.717) is 12.4 Å². The average Bonchev–Trinajstić information content (AvgIpc) is 1.64. The fourth-order valence-corrected chi connectivity index (χ4v) is 0.453. The first-order valence-electron chi connectivity index (χ1n) is 2.31. The molecule has 1 heterocycles. The molecule has 1 rings (SSSR count). The second-order valence-corrected chi connectivity index (χ2v) is 1.48. The molecule has 0 radical (unpaired) electrons. The van der Waals surface area contributed by atoms with E-state index < -0.39 is 0 Å². The number of hydrogen-bond acceptors (Lipinski definition) is 3. The molecule has 0 saturated carbocycles. The van der Waals surface area contributed by atoms with Gasteiger partial charge < -0.3 is 10.4 Å². The van der Waals surface area contributed by atoms with Crippen molar-refractivity contribution in [2.75, 3.05) is 6.67 Å². The number of rotatable bonds is 0. The monoisotopic (exact) mass is 111 g/mol. The summed E-state index contributed by atoms with van der Waals surface area (Å²) in [5.41, 5.74) is 0.612. The van der Waals surface area contributed by atoms with Crippen molar-refractivity contribution in [3.05, 3.63) is 0 Å². The van der Waals surface area contributed by atoms with E-state index in [-0.39, 0.29) is 6.02 Å². The summed E-state index contributed by atoms with van der Waals surface area (Å²) in [5.74, 6) is 0. The lowest BCUT2D eigenvalue weighted by atomic mass is 10.1. The highest BCUT2D eigenvalue weighted by Gasteiger charge is 1.97. The van der Waals surface area contributed by atoms with Gasteiger partial charge in [0.2, 0.25) is 0 Å². The minimum absolute atomic E-state index is 0.0440. The summed E-state index contributed by atoms with van der Waals surface area (Å²) in [4.78, 5) is 7.43. The Labute approximate surface area is 47.7 Å². The van der Waals surface area contributed by atoms with Crippen LogP contribution in [0.25, 0.3) is 0 Å². The average molecular weight is 111 g/mol. The molecule has 0 atom stereocenters. The lowest BCUT2D eigenvalue weighted by Crippen LogP contribution is -2.28. The first-order valence-corrected chi connectivity index (χ1v) is 2.31. The molecule has 0 aliphatic carbocycles. The van der Waals surface area contributed by atoms with Crippen LogP contribution in [0.2, 0.25) is 0 Å². The third-order valence-corrected chi connectivity index (χ3v) is 0.813. The van der Waals surface area contributed by atoms with Crippen molar-refractivity contribution in [3.8, 4) is 0 Å². The predicted molar refractivity (Wildman–Crippen MR) is 34.0 cm³/mol. The maximum absolute atomic E-state index is 8.64. The third-order valence-electron chi connectivity index (χ3n) is 0.813. The number of nitrogens with one attached hydrogen (secondary N) is 1. The molecule has 0 fully saturated rings. The lowest BCUT2D eigenvalue weighted by molar-refractivity contribution is 0.513. The van der Waals surface area contributed by atoms with Gasteiger partial charge in [0.1, 0.15) is 6.67 Å². The molecule has 4 nitrogen and oxygen atoms in total. The van der Waals surface area contributed by atoms with Gasteiger partial charge in [-0.2, -0.15) is 4.99 Å². The zero-order valence-corrected chi connectivity index (χ0v) is 4.55. The molecule has 0 unspecified atom stereocenters. The highest BCUT2D eigenvalue weighted by molar-refractivity contribution is 6.60. The Morgan fingerprint density at radius 1 is 1.75 bits per heavy atom. The zero-order valence-electron chi connectivity index (χ0n) is 4.55. The minimum atomic E-state index is -0.0440. The van der Waals surface area contributed by atoms with E-state index in [0.717, 1.165) is 0 Å². The normalized spacial score (nSPS) is 18.5. The highest BCUT2D eigenvalue weighted by atomic mass is 16.3. The first-order chi connectivity index (χ1) is 3.79. The molecule has 1 aliphatic heterocycles. The molecule has 0 spiro atoms. The molecule has 8 heavy (non-hydrogen) atoms. The van der Waals surface area contributed by atoms with Crippen LogP contribution in [0.5, 0.6) is 0 Å². The topological polar surface area (TPSA) is 57.0 Å². The SMILES string of the molecule is BC1=NCNC(O)=N1. The van der Waals surface area contributed by atoms with Gasteiger partial charge in [-0.25, -0.2) is 0 Å². The van der Waals surface area contributed by atoms with Gasteiger partial charge in [0.05, 0.1) is 5.73 Å². The summed E-state index contributed by atoms with van der Waals surface area (Å²) in [6.07, 6.45) is 0. The Morgan fingerprint density at radius 3 is 2.88 bits per heavy atom. The summed E-state index contributed by atoms with van der Waals surface area (Å²) in [6, 6.07) is -0.0440. The van der Waals surface area contributed by atoms with Crippen LogP contribution >= 0.6 is 0 Å². The van der Waals surface area contributed by atoms with Crippen LogP contribution in [0.15, 0.2) is 9.98 Å². The van der Waals surface area contributed by atoms with Crippen molar-refractivity contribution in [3.63, 3.8) is 0 Å². The number of hydrogen-bond donors (Lipinski definition) is 2. The van der Waals surface area contributed by atoms with Crippen molar-refractivity contribution in [2.45, 2.75) is 0 Å². The molecule has 0 bridgehead atoms. The Hall–Kier alpha value is -0.995. The Balaban J connectivity index is 2.69. The Kier molecular flexibility index (Phi) is 1.19. The van der Waals surface area contributed by atoms with Gasteiger partial charge in [0, 0.05) is 0 Å². The number of aliphatic imine (C=N–C) groups is 2. The molecular weight excluding hydrogens is 105 g/mol. The van der Waals surface area contributed by atoms with Gasteiger partial charge in [0.25, 0.3) is 6.02 Å². The van der Waals surface area contributed by atoms with Gasteiger partial charge >= 0.3 is 0 Å². The summed E-state index contributed by atoms with van der Waals surface area (Å²) >= 11 is 0. The van der Waals surface area contributed by atoms with Crippen molar-refractivity contribution >= 4 is 19.6 Å². The van der Waals surface area contributed by atoms with Gasteiger partial charge in [0.15, 0.2) is 7.85 Å². The highest BCUT2D eigenvalue weighted by Crippen LogP contribution is 1.81. The van der Waals surface area contributed by atoms with Crippen LogP contribution in [0, 0.1) is 0 Å². The first kappa shape index (κ1) is 5.15. The lowest BCUT2D eigenvalue weighted by Gasteiger charge is -2.05. The molecule has 0 amide bonds. The van der Waals surface area contributed by atoms with E-state index in [1.54, 1.807) is 7.85 Å². The Morgan fingerprint density at radius 2 is 2.50 bits per heavy atom. The predicted octanol–water partition coefficient (Wildman–Crippen LogP) is -1.55. The van der Waals surface area contributed by atoms with Crippen LogP contribution < -0.4 is 5.32 Å². The molecule has 0 aromatic carbocycles. The van der Waals surface area contributed by atoms with Crippen LogP contribution in [0.4, 0.5) is 0 Å². The van der Waals surface area contributed by atoms with Gasteiger partial charge in [-0.05, 0) is 0 Å². The van der Waals surface area contributed by atoms with Gasteiger partial charge in [-0.3, -0.25) is 4.99 Å². The molecule has 2 N–H and O–H groups in total. The van der Waals surface area contributed by atoms with E-state index in [2.05, 4.69) is 15.3 Å². The van der Waals surface area contributed by atoms with Crippen molar-refractivity contribution in [1.82, 2.24) is 5.32 Å². The number of amidine groups is 2. The molecule has 1 aliphatic rings. The second kappa shape index (κ2) is 1.86. The van der Waals surface area contributed by atoms with Crippen LogP contribution in [0.3, 0.4) is 0 Å². The van der Waals surface area contributed by atoms with Gasteiger partial charge in [-0.15, -0.1) is 0 Å². The molecule has 5 heteroatoms. The van der Waals surface area contributed by atoms with E-state index in [9.17, 15) is 0 Å². The summed E-state index contributed by atoms with van der Waals surface area (Å²) in [6.45, 7) is 0.432. The van der Waals surface area contributed by atoms with Gasteiger partial charge in [-0.1, -0.05) is 0 Å². The second-order valence-electron chi connectivity index (χ2n) is 1.48. The fraction of sp³-hybridized carbons (Fsp3) is 0.333. The molecule has 0 aromatic rings. The van der Waals surface area contributed by atoms with E-state index in [1.807, 2.05) is 0 Å². The van der Waals surface area contributed by atoms with E-state index in [4.69, 9.17) is 5.11 Å². The van der Waals surface area contributed by atoms with E-state index >= 15 is 0 Å². The maximum atomic E-state index is 8.64. The van der Waals surface area contributed by atoms with Crippen LogP contribution in [0.1, 0.15) is 0 Å².